The molecule has 0 bridgehead atoms. The van der Waals surface area contributed by atoms with Gasteiger partial charge < -0.3 is 10.6 Å². The molecule has 2 rings (SSSR count). The summed E-state index contributed by atoms with van der Waals surface area (Å²) in [6, 6.07) is 10.7. The highest BCUT2D eigenvalue weighted by molar-refractivity contribution is 6.40. The van der Waals surface area contributed by atoms with Gasteiger partial charge in [0.2, 0.25) is 0 Å². The average molecular weight is 309 g/mol. The summed E-state index contributed by atoms with van der Waals surface area (Å²) in [5, 5.41) is 6.61. The van der Waals surface area contributed by atoms with Crippen LogP contribution in [0.2, 0.25) is 10.0 Å². The second-order valence-electron chi connectivity index (χ2n) is 4.30. The van der Waals surface area contributed by atoms with Crippen LogP contribution in [0.25, 0.3) is 0 Å². The first-order chi connectivity index (χ1) is 9.54. The molecule has 2 aromatic rings. The Morgan fingerprint density at radius 1 is 1.10 bits per heavy atom. The van der Waals surface area contributed by atoms with Gasteiger partial charge in [0, 0.05) is 12.7 Å². The van der Waals surface area contributed by atoms with Crippen molar-refractivity contribution in [3.63, 3.8) is 0 Å². The van der Waals surface area contributed by atoms with Crippen LogP contribution in [0.5, 0.6) is 0 Å². The monoisotopic (exact) mass is 308 g/mol. The van der Waals surface area contributed by atoms with Gasteiger partial charge in [0.15, 0.2) is 0 Å². The van der Waals surface area contributed by atoms with Gasteiger partial charge in [-0.05, 0) is 30.7 Å². The van der Waals surface area contributed by atoms with Gasteiger partial charge >= 0.3 is 0 Å². The Bertz CT molecular complexity index is 656. The number of amides is 1. The molecule has 2 aromatic carbocycles. The van der Waals surface area contributed by atoms with Crippen LogP contribution in [0.4, 0.5) is 11.4 Å². The standard InChI is InChI=1S/C15H14Cl2N2O/c1-9-7-8-11(16)14(13(9)17)19-15(20)10-5-3-4-6-12(10)18-2/h3-8,18H,1-2H3,(H,19,20). The first kappa shape index (κ1) is 14.7. The van der Waals surface area contributed by atoms with E-state index in [1.807, 2.05) is 25.1 Å². The highest BCUT2D eigenvalue weighted by Crippen LogP contribution is 2.33. The second-order valence-corrected chi connectivity index (χ2v) is 5.09. The van der Waals surface area contributed by atoms with Gasteiger partial charge in [0.25, 0.3) is 5.91 Å². The van der Waals surface area contributed by atoms with E-state index in [1.54, 1.807) is 25.2 Å². The molecule has 0 aromatic heterocycles. The van der Waals surface area contributed by atoms with Crippen molar-refractivity contribution < 1.29 is 4.79 Å². The fourth-order valence-electron chi connectivity index (χ4n) is 1.85. The third kappa shape index (κ3) is 2.89. The number of benzene rings is 2. The maximum Gasteiger partial charge on any atom is 0.257 e. The van der Waals surface area contributed by atoms with E-state index in [2.05, 4.69) is 10.6 Å². The molecule has 3 nitrogen and oxygen atoms in total. The number of carbonyl (C=O) groups excluding carboxylic acids is 1. The fourth-order valence-corrected chi connectivity index (χ4v) is 2.32. The molecule has 0 unspecified atom stereocenters. The van der Waals surface area contributed by atoms with Crippen LogP contribution < -0.4 is 10.6 Å². The number of rotatable bonds is 3. The first-order valence-electron chi connectivity index (χ1n) is 6.07. The second kappa shape index (κ2) is 6.16. The molecule has 0 heterocycles. The quantitative estimate of drug-likeness (QED) is 0.870. The average Bonchev–Trinajstić information content (AvgIpc) is 2.47. The molecule has 0 fully saturated rings. The molecule has 0 spiro atoms. The Morgan fingerprint density at radius 3 is 2.50 bits per heavy atom. The van der Waals surface area contributed by atoms with E-state index in [-0.39, 0.29) is 5.91 Å². The lowest BCUT2D eigenvalue weighted by Crippen LogP contribution is -2.14. The Hall–Kier alpha value is -1.71. The number of carbonyl (C=O) groups is 1. The van der Waals surface area contributed by atoms with E-state index in [4.69, 9.17) is 23.2 Å². The minimum absolute atomic E-state index is 0.260. The molecule has 0 aliphatic rings. The van der Waals surface area contributed by atoms with Gasteiger partial charge in [0.05, 0.1) is 21.3 Å². The number of aryl methyl sites for hydroxylation is 1. The smallest absolute Gasteiger partial charge is 0.257 e. The number of nitrogens with one attached hydrogen (secondary N) is 2. The zero-order chi connectivity index (χ0) is 14.7. The van der Waals surface area contributed by atoms with Gasteiger partial charge in [-0.1, -0.05) is 41.4 Å². The lowest BCUT2D eigenvalue weighted by atomic mass is 10.1. The summed E-state index contributed by atoms with van der Waals surface area (Å²) < 4.78 is 0. The van der Waals surface area contributed by atoms with Gasteiger partial charge in [0.1, 0.15) is 0 Å². The number of anilines is 2. The van der Waals surface area contributed by atoms with Gasteiger partial charge in [-0.3, -0.25) is 4.79 Å². The van der Waals surface area contributed by atoms with Crippen LogP contribution in [0, 0.1) is 6.92 Å². The van der Waals surface area contributed by atoms with Crippen LogP contribution in [0.15, 0.2) is 36.4 Å². The topological polar surface area (TPSA) is 41.1 Å². The summed E-state index contributed by atoms with van der Waals surface area (Å²) in [5.74, 6) is -0.260. The number of para-hydroxylation sites is 1. The van der Waals surface area contributed by atoms with Crippen LogP contribution in [0.1, 0.15) is 15.9 Å². The maximum atomic E-state index is 12.3. The van der Waals surface area contributed by atoms with Crippen LogP contribution >= 0.6 is 23.2 Å². The Kier molecular flexibility index (Phi) is 4.53. The number of hydrogen-bond donors (Lipinski definition) is 2. The van der Waals surface area contributed by atoms with Crippen molar-refractivity contribution in [2.24, 2.45) is 0 Å². The molecule has 0 radical (unpaired) electrons. The minimum atomic E-state index is -0.260. The largest absolute Gasteiger partial charge is 0.387 e. The molecule has 1 amide bonds. The van der Waals surface area contributed by atoms with Crippen LogP contribution in [-0.4, -0.2) is 13.0 Å². The Labute approximate surface area is 127 Å². The van der Waals surface area contributed by atoms with Crippen molar-refractivity contribution in [3.05, 3.63) is 57.6 Å². The molecule has 0 saturated carbocycles. The van der Waals surface area contributed by atoms with E-state index < -0.39 is 0 Å². The molecule has 20 heavy (non-hydrogen) atoms. The predicted molar refractivity (Wildman–Crippen MR) is 85.1 cm³/mol. The third-order valence-electron chi connectivity index (χ3n) is 2.96. The molecule has 0 aliphatic heterocycles. The normalized spacial score (nSPS) is 10.2. The van der Waals surface area contributed by atoms with E-state index >= 15 is 0 Å². The molecule has 0 atom stereocenters. The Balaban J connectivity index is 2.35. The van der Waals surface area contributed by atoms with Crippen molar-refractivity contribution in [2.45, 2.75) is 6.92 Å². The molecule has 0 aliphatic carbocycles. The number of halogens is 2. The zero-order valence-electron chi connectivity index (χ0n) is 11.1. The van der Waals surface area contributed by atoms with Crippen molar-refractivity contribution >= 4 is 40.5 Å². The van der Waals surface area contributed by atoms with E-state index in [0.717, 1.165) is 11.3 Å². The summed E-state index contributed by atoms with van der Waals surface area (Å²) >= 11 is 12.3. The lowest BCUT2D eigenvalue weighted by Gasteiger charge is -2.13. The Morgan fingerprint density at radius 2 is 1.80 bits per heavy atom. The molecule has 0 saturated heterocycles. The van der Waals surface area contributed by atoms with Gasteiger partial charge in [-0.25, -0.2) is 0 Å². The molecular weight excluding hydrogens is 295 g/mol. The highest BCUT2D eigenvalue weighted by atomic mass is 35.5. The van der Waals surface area contributed by atoms with E-state index in [1.165, 1.54) is 0 Å². The third-order valence-corrected chi connectivity index (χ3v) is 3.77. The van der Waals surface area contributed by atoms with Crippen molar-refractivity contribution in [1.82, 2.24) is 0 Å². The van der Waals surface area contributed by atoms with E-state index in [9.17, 15) is 4.79 Å². The molecule has 5 heteroatoms. The first-order valence-corrected chi connectivity index (χ1v) is 6.83. The molecular formula is C15H14Cl2N2O. The summed E-state index contributed by atoms with van der Waals surface area (Å²) in [7, 11) is 1.76. The van der Waals surface area contributed by atoms with Crippen molar-refractivity contribution in [3.8, 4) is 0 Å². The highest BCUT2D eigenvalue weighted by Gasteiger charge is 2.15. The molecule has 104 valence electrons. The summed E-state index contributed by atoms with van der Waals surface area (Å²) in [6.45, 7) is 1.86. The number of hydrogen-bond acceptors (Lipinski definition) is 2. The van der Waals surface area contributed by atoms with Crippen LogP contribution in [-0.2, 0) is 0 Å². The fraction of sp³-hybridized carbons (Fsp3) is 0.133. The predicted octanol–water partition coefficient (Wildman–Crippen LogP) is 4.60. The summed E-state index contributed by atoms with van der Waals surface area (Å²) in [5.41, 5.74) is 2.56. The van der Waals surface area contributed by atoms with Crippen molar-refractivity contribution in [1.29, 1.82) is 0 Å². The van der Waals surface area contributed by atoms with Gasteiger partial charge in [-0.2, -0.15) is 0 Å². The summed E-state index contributed by atoms with van der Waals surface area (Å²) in [6.07, 6.45) is 0. The maximum absolute atomic E-state index is 12.3. The van der Waals surface area contributed by atoms with Crippen molar-refractivity contribution in [2.75, 3.05) is 17.7 Å². The minimum Gasteiger partial charge on any atom is -0.387 e. The van der Waals surface area contributed by atoms with Gasteiger partial charge in [-0.15, -0.1) is 0 Å². The SMILES string of the molecule is CNc1ccccc1C(=O)Nc1c(Cl)ccc(C)c1Cl. The summed E-state index contributed by atoms with van der Waals surface area (Å²) in [4.78, 5) is 12.3. The lowest BCUT2D eigenvalue weighted by molar-refractivity contribution is 0.102. The zero-order valence-corrected chi connectivity index (χ0v) is 12.6. The van der Waals surface area contributed by atoms with Crippen LogP contribution in [0.3, 0.4) is 0 Å². The van der Waals surface area contributed by atoms with E-state index in [0.29, 0.717) is 21.3 Å². The molecule has 2 N–H and O–H groups in total.